The molecule has 0 unspecified atom stereocenters. The number of alkyl halides is 3. The summed E-state index contributed by atoms with van der Waals surface area (Å²) in [6.07, 6.45) is -2.71. The molecule has 0 amide bonds. The fourth-order valence-corrected chi connectivity index (χ4v) is 3.69. The number of fused-ring (bicyclic) bond motifs is 1. The normalized spacial score (nSPS) is 11.3. The van der Waals surface area contributed by atoms with Crippen LogP contribution in [0, 0.1) is 23.5 Å². The van der Waals surface area contributed by atoms with Crippen LogP contribution in [0.3, 0.4) is 0 Å². The van der Waals surface area contributed by atoms with Crippen molar-refractivity contribution in [1.82, 2.24) is 0 Å². The molecule has 0 bridgehead atoms. The van der Waals surface area contributed by atoms with Crippen molar-refractivity contribution in [2.75, 3.05) is 0 Å². The first-order valence-corrected chi connectivity index (χ1v) is 10.5. The summed E-state index contributed by atoms with van der Waals surface area (Å²) in [6, 6.07) is 18.5. The number of aryl methyl sites for hydroxylation is 1. The Labute approximate surface area is 188 Å². The molecular formula is C28H19F5. The van der Waals surface area contributed by atoms with E-state index in [-0.39, 0.29) is 16.5 Å². The summed E-state index contributed by atoms with van der Waals surface area (Å²) in [5.41, 5.74) is 1.52. The molecule has 0 nitrogen and oxygen atoms in total. The van der Waals surface area contributed by atoms with Gasteiger partial charge in [-0.05, 0) is 59.3 Å². The Morgan fingerprint density at radius 2 is 1.45 bits per heavy atom. The summed E-state index contributed by atoms with van der Waals surface area (Å²) in [7, 11) is 0. The zero-order chi connectivity index (χ0) is 23.6. The molecule has 0 radical (unpaired) electrons. The van der Waals surface area contributed by atoms with Crippen molar-refractivity contribution in [3.8, 4) is 23.0 Å². The predicted octanol–water partition coefficient (Wildman–Crippen LogP) is 8.16. The van der Waals surface area contributed by atoms with Crippen LogP contribution in [0.5, 0.6) is 0 Å². The summed E-state index contributed by atoms with van der Waals surface area (Å²) in [5.74, 6) is 4.10. The molecule has 0 aliphatic heterocycles. The smallest absolute Gasteiger partial charge is 0.206 e. The molecule has 0 spiro atoms. The highest BCUT2D eigenvalue weighted by molar-refractivity contribution is 5.89. The van der Waals surface area contributed by atoms with Gasteiger partial charge in [-0.3, -0.25) is 0 Å². The quantitative estimate of drug-likeness (QED) is 0.218. The highest BCUT2D eigenvalue weighted by Crippen LogP contribution is 2.35. The molecule has 33 heavy (non-hydrogen) atoms. The first kappa shape index (κ1) is 22.5. The highest BCUT2D eigenvalue weighted by Gasteiger charge is 2.34. The summed E-state index contributed by atoms with van der Waals surface area (Å²) in [4.78, 5) is 0. The van der Waals surface area contributed by atoms with Crippen LogP contribution in [-0.2, 0) is 12.6 Å². The van der Waals surface area contributed by atoms with Gasteiger partial charge >= 0.3 is 6.18 Å². The largest absolute Gasteiger partial charge is 0.419 e. The predicted molar refractivity (Wildman–Crippen MR) is 121 cm³/mol. The van der Waals surface area contributed by atoms with E-state index >= 15 is 4.39 Å². The summed E-state index contributed by atoms with van der Waals surface area (Å²) in [6.45, 7) is 2.13. The third-order valence-electron chi connectivity index (χ3n) is 5.38. The van der Waals surface area contributed by atoms with Crippen molar-refractivity contribution in [2.24, 2.45) is 0 Å². The second-order valence-electron chi connectivity index (χ2n) is 7.75. The van der Waals surface area contributed by atoms with Gasteiger partial charge in [0.05, 0.1) is 5.56 Å². The van der Waals surface area contributed by atoms with Gasteiger partial charge in [-0.1, -0.05) is 61.6 Å². The van der Waals surface area contributed by atoms with Crippen LogP contribution in [0.4, 0.5) is 22.0 Å². The van der Waals surface area contributed by atoms with Gasteiger partial charge in [0.1, 0.15) is 11.6 Å². The number of benzene rings is 4. The molecule has 0 N–H and O–H groups in total. The Kier molecular flexibility index (Phi) is 6.20. The lowest BCUT2D eigenvalue weighted by Crippen LogP contribution is -2.07. The van der Waals surface area contributed by atoms with Gasteiger partial charge in [0.2, 0.25) is 0 Å². The van der Waals surface area contributed by atoms with E-state index in [1.807, 2.05) is 12.1 Å². The van der Waals surface area contributed by atoms with E-state index < -0.39 is 23.4 Å². The maximum Gasteiger partial charge on any atom is 0.419 e. The van der Waals surface area contributed by atoms with Gasteiger partial charge in [-0.15, -0.1) is 0 Å². The minimum atomic E-state index is -4.81. The lowest BCUT2D eigenvalue weighted by atomic mass is 9.98. The van der Waals surface area contributed by atoms with Crippen LogP contribution in [0.25, 0.3) is 21.9 Å². The van der Waals surface area contributed by atoms with E-state index in [0.717, 1.165) is 24.5 Å². The van der Waals surface area contributed by atoms with Crippen LogP contribution < -0.4 is 0 Å². The molecule has 4 aromatic carbocycles. The molecule has 4 aromatic rings. The molecule has 0 aromatic heterocycles. The van der Waals surface area contributed by atoms with E-state index in [9.17, 15) is 17.6 Å². The van der Waals surface area contributed by atoms with Crippen molar-refractivity contribution < 1.29 is 22.0 Å². The minimum Gasteiger partial charge on any atom is -0.206 e. The van der Waals surface area contributed by atoms with Gasteiger partial charge in [-0.25, -0.2) is 8.78 Å². The van der Waals surface area contributed by atoms with Gasteiger partial charge in [-0.2, -0.15) is 13.2 Å². The molecular weight excluding hydrogens is 431 g/mol. The molecule has 5 heteroatoms. The Balaban J connectivity index is 1.64. The third-order valence-corrected chi connectivity index (χ3v) is 5.38. The van der Waals surface area contributed by atoms with E-state index in [0.29, 0.717) is 23.1 Å². The van der Waals surface area contributed by atoms with Crippen molar-refractivity contribution in [1.29, 1.82) is 0 Å². The van der Waals surface area contributed by atoms with Crippen LogP contribution in [0.15, 0.2) is 72.8 Å². The Hall–Kier alpha value is -3.65. The number of hydrogen-bond donors (Lipinski definition) is 0. The fourth-order valence-electron chi connectivity index (χ4n) is 3.69. The van der Waals surface area contributed by atoms with Gasteiger partial charge in [0, 0.05) is 22.1 Å². The molecule has 0 aliphatic carbocycles. The van der Waals surface area contributed by atoms with Gasteiger partial charge in [0.25, 0.3) is 0 Å². The second kappa shape index (κ2) is 9.07. The SMILES string of the molecule is CCCc1ccc(C#Cc2ccc3c(F)c(-c4ccc(C(F)(F)F)c(F)c4)ccc3c2)cc1. The zero-order valence-electron chi connectivity index (χ0n) is 17.7. The minimum absolute atomic E-state index is 0.0288. The van der Waals surface area contributed by atoms with E-state index in [1.165, 1.54) is 11.6 Å². The lowest BCUT2D eigenvalue weighted by molar-refractivity contribution is -0.139. The van der Waals surface area contributed by atoms with Crippen LogP contribution >= 0.6 is 0 Å². The maximum absolute atomic E-state index is 15.1. The van der Waals surface area contributed by atoms with Gasteiger partial charge in [0.15, 0.2) is 0 Å². The van der Waals surface area contributed by atoms with Crippen molar-refractivity contribution in [2.45, 2.75) is 25.9 Å². The van der Waals surface area contributed by atoms with Crippen LogP contribution in [-0.4, -0.2) is 0 Å². The first-order chi connectivity index (χ1) is 15.8. The maximum atomic E-state index is 15.1. The van der Waals surface area contributed by atoms with E-state index in [2.05, 4.69) is 30.9 Å². The molecule has 0 atom stereocenters. The monoisotopic (exact) mass is 450 g/mol. The zero-order valence-corrected chi connectivity index (χ0v) is 17.7. The average molecular weight is 450 g/mol. The molecule has 0 saturated carbocycles. The second-order valence-corrected chi connectivity index (χ2v) is 7.75. The third kappa shape index (κ3) is 4.90. The Morgan fingerprint density at radius 3 is 2.12 bits per heavy atom. The summed E-state index contributed by atoms with van der Waals surface area (Å²) < 4.78 is 67.5. The molecule has 166 valence electrons. The van der Waals surface area contributed by atoms with Crippen LogP contribution in [0.1, 0.15) is 35.6 Å². The summed E-state index contributed by atoms with van der Waals surface area (Å²) in [5, 5.41) is 0.871. The number of rotatable bonds is 3. The van der Waals surface area contributed by atoms with Crippen LogP contribution in [0.2, 0.25) is 0 Å². The Bertz CT molecular complexity index is 1370. The van der Waals surface area contributed by atoms with Crippen molar-refractivity contribution in [3.05, 3.63) is 107 Å². The standard InChI is InChI=1S/C28H19F5/c1-2-3-18-4-6-19(7-5-18)8-9-20-10-13-23-21(16-20)11-14-24(27(23)30)22-12-15-25(26(29)17-22)28(31,32)33/h4-7,10-17H,2-3H2,1H3. The number of hydrogen-bond acceptors (Lipinski definition) is 0. The van der Waals surface area contributed by atoms with Crippen molar-refractivity contribution in [3.63, 3.8) is 0 Å². The van der Waals surface area contributed by atoms with E-state index in [4.69, 9.17) is 0 Å². The summed E-state index contributed by atoms with van der Waals surface area (Å²) >= 11 is 0. The first-order valence-electron chi connectivity index (χ1n) is 10.5. The molecule has 0 aliphatic rings. The topological polar surface area (TPSA) is 0 Å². The fraction of sp³-hybridized carbons (Fsp3) is 0.143. The van der Waals surface area contributed by atoms with Crippen molar-refractivity contribution >= 4 is 10.8 Å². The molecule has 4 rings (SSSR count). The lowest BCUT2D eigenvalue weighted by Gasteiger charge is -2.11. The highest BCUT2D eigenvalue weighted by atomic mass is 19.4. The van der Waals surface area contributed by atoms with E-state index in [1.54, 1.807) is 24.3 Å². The number of halogens is 5. The molecule has 0 saturated heterocycles. The Morgan fingerprint density at radius 1 is 0.758 bits per heavy atom. The molecule has 0 fully saturated rings. The average Bonchev–Trinajstić information content (AvgIpc) is 2.78. The molecule has 0 heterocycles. The van der Waals surface area contributed by atoms with Gasteiger partial charge < -0.3 is 0 Å².